The number of carbonyl (C=O) groups is 1. The molecule has 0 saturated heterocycles. The first kappa shape index (κ1) is 26.3. The maximum Gasteiger partial charge on any atom is 0.342 e. The van der Waals surface area contributed by atoms with E-state index in [1.54, 1.807) is 48.5 Å². The zero-order valence-electron chi connectivity index (χ0n) is 19.1. The second kappa shape index (κ2) is 12.0. The van der Waals surface area contributed by atoms with E-state index < -0.39 is 5.97 Å². The summed E-state index contributed by atoms with van der Waals surface area (Å²) in [5.41, 5.74) is 2.41. The highest BCUT2D eigenvalue weighted by molar-refractivity contribution is 9.10. The number of halogens is 2. The molecule has 0 spiro atoms. The first-order valence-electron chi connectivity index (χ1n) is 10.6. The van der Waals surface area contributed by atoms with Crippen molar-refractivity contribution in [2.75, 3.05) is 7.11 Å². The molecule has 0 saturated carbocycles. The Bertz CT molecular complexity index is 1530. The van der Waals surface area contributed by atoms with Gasteiger partial charge in [0.15, 0.2) is 0 Å². The number of aliphatic carboxylic acids is 1. The number of methoxy groups -OCH3 is 1. The molecule has 0 aliphatic carbocycles. The van der Waals surface area contributed by atoms with Crippen LogP contribution in [-0.2, 0) is 11.4 Å². The minimum Gasteiger partial charge on any atom is -0.496 e. The number of hydrogen-bond donors (Lipinski definition) is 1. The Balaban J connectivity index is 1.51. The Morgan fingerprint density at radius 2 is 1.97 bits per heavy atom. The van der Waals surface area contributed by atoms with Crippen molar-refractivity contribution in [2.24, 2.45) is 0 Å². The molecule has 0 unspecified atom stereocenters. The van der Waals surface area contributed by atoms with Gasteiger partial charge in [-0.2, -0.15) is 5.26 Å². The molecule has 0 bridgehead atoms. The summed E-state index contributed by atoms with van der Waals surface area (Å²) in [7, 11) is 1.50. The number of thioether (sulfide) groups is 1. The molecule has 3 aromatic carbocycles. The Morgan fingerprint density at radius 1 is 1.19 bits per heavy atom. The van der Waals surface area contributed by atoms with Crippen LogP contribution in [0, 0.1) is 11.3 Å². The molecule has 1 N–H and O–H groups in total. The van der Waals surface area contributed by atoms with Gasteiger partial charge in [-0.05, 0) is 75.7 Å². The lowest BCUT2D eigenvalue weighted by atomic mass is 10.1. The van der Waals surface area contributed by atoms with E-state index in [1.807, 2.05) is 12.1 Å². The minimum absolute atomic E-state index is 0.0308. The van der Waals surface area contributed by atoms with E-state index in [-0.39, 0.29) is 22.6 Å². The van der Waals surface area contributed by atoms with Gasteiger partial charge in [0.1, 0.15) is 23.0 Å². The first-order chi connectivity index (χ1) is 17.9. The maximum atomic E-state index is 11.9. The van der Waals surface area contributed by atoms with Crippen molar-refractivity contribution in [2.45, 2.75) is 11.8 Å². The molecule has 0 atom stereocenters. The van der Waals surface area contributed by atoms with Crippen molar-refractivity contribution in [3.8, 4) is 29.0 Å². The van der Waals surface area contributed by atoms with Crippen LogP contribution in [0.3, 0.4) is 0 Å². The molecule has 1 aromatic heterocycles. The number of nitrogens with zero attached hydrogens (tertiary/aromatic N) is 3. The van der Waals surface area contributed by atoms with Crippen molar-refractivity contribution >= 4 is 51.3 Å². The van der Waals surface area contributed by atoms with Crippen LogP contribution < -0.4 is 9.47 Å². The number of ether oxygens (including phenoxy) is 2. The monoisotopic (exact) mass is 597 g/mol. The molecule has 4 aromatic rings. The molecule has 186 valence electrons. The Morgan fingerprint density at radius 3 is 2.70 bits per heavy atom. The summed E-state index contributed by atoms with van der Waals surface area (Å²) in [5, 5.41) is 27.4. The highest BCUT2D eigenvalue weighted by Crippen LogP contribution is 2.35. The highest BCUT2D eigenvalue weighted by Gasteiger charge is 2.18. The van der Waals surface area contributed by atoms with E-state index in [1.165, 1.54) is 13.2 Å². The second-order valence-corrected chi connectivity index (χ2v) is 9.66. The molecule has 0 amide bonds. The number of rotatable bonds is 9. The molecular weight excluding hydrogens is 582 g/mol. The van der Waals surface area contributed by atoms with Crippen LogP contribution in [-0.4, -0.2) is 28.4 Å². The Labute approximate surface area is 229 Å². The van der Waals surface area contributed by atoms with Gasteiger partial charge in [0, 0.05) is 10.6 Å². The zero-order chi connectivity index (χ0) is 26.4. The minimum atomic E-state index is -1.16. The Hall–Kier alpha value is -3.78. The van der Waals surface area contributed by atoms with Crippen LogP contribution in [0.25, 0.3) is 17.5 Å². The fourth-order valence-corrected chi connectivity index (χ4v) is 4.58. The molecule has 0 aliphatic heterocycles. The molecule has 0 fully saturated rings. The molecule has 11 heteroatoms. The topological polar surface area (TPSA) is 118 Å². The third-order valence-corrected chi connectivity index (χ3v) is 6.69. The Kier molecular flexibility index (Phi) is 8.50. The van der Waals surface area contributed by atoms with Gasteiger partial charge in [-0.15, -0.1) is 10.2 Å². The average Bonchev–Trinajstić information content (AvgIpc) is 3.36. The van der Waals surface area contributed by atoms with Gasteiger partial charge in [-0.1, -0.05) is 35.9 Å². The molecular formula is C26H17BrClN3O5S. The van der Waals surface area contributed by atoms with Crippen LogP contribution in [0.1, 0.15) is 16.7 Å². The van der Waals surface area contributed by atoms with E-state index in [4.69, 9.17) is 25.5 Å². The van der Waals surface area contributed by atoms with Gasteiger partial charge >= 0.3 is 5.97 Å². The molecule has 1 heterocycles. The number of hydrogen-bond acceptors (Lipinski definition) is 8. The van der Waals surface area contributed by atoms with Crippen LogP contribution in [0.4, 0.5) is 0 Å². The van der Waals surface area contributed by atoms with Crippen LogP contribution in [0.2, 0.25) is 5.02 Å². The number of benzene rings is 3. The molecule has 8 nitrogen and oxygen atoms in total. The van der Waals surface area contributed by atoms with E-state index in [0.717, 1.165) is 17.3 Å². The smallest absolute Gasteiger partial charge is 0.342 e. The zero-order valence-corrected chi connectivity index (χ0v) is 22.3. The number of nitriles is 1. The van der Waals surface area contributed by atoms with E-state index >= 15 is 0 Å². The van der Waals surface area contributed by atoms with E-state index in [2.05, 4.69) is 32.2 Å². The fourth-order valence-electron chi connectivity index (χ4n) is 3.22. The third-order valence-electron chi connectivity index (χ3n) is 4.98. The van der Waals surface area contributed by atoms with Gasteiger partial charge in [0.2, 0.25) is 0 Å². The largest absolute Gasteiger partial charge is 0.496 e. The number of carboxylic acid groups (broad SMARTS) is 1. The summed E-state index contributed by atoms with van der Waals surface area (Å²) in [6.07, 6.45) is 1.48. The van der Waals surface area contributed by atoms with Crippen molar-refractivity contribution in [3.63, 3.8) is 0 Å². The lowest BCUT2D eigenvalue weighted by Gasteiger charge is -2.10. The predicted octanol–water partition coefficient (Wildman–Crippen LogP) is 6.83. The fraction of sp³-hybridized carbons (Fsp3) is 0.0769. The maximum absolute atomic E-state index is 11.9. The quantitative estimate of drug-likeness (QED) is 0.163. The lowest BCUT2D eigenvalue weighted by Crippen LogP contribution is -1.99. The van der Waals surface area contributed by atoms with E-state index in [9.17, 15) is 15.2 Å². The van der Waals surface area contributed by atoms with Crippen LogP contribution in [0.15, 0.2) is 79.7 Å². The predicted molar refractivity (Wildman–Crippen MR) is 142 cm³/mol. The van der Waals surface area contributed by atoms with Crippen molar-refractivity contribution < 1.29 is 23.8 Å². The van der Waals surface area contributed by atoms with Gasteiger partial charge in [0.05, 0.1) is 28.8 Å². The number of carboxylic acids is 1. The second-order valence-electron chi connectivity index (χ2n) is 7.38. The van der Waals surface area contributed by atoms with Gasteiger partial charge in [-0.25, -0.2) is 4.79 Å². The summed E-state index contributed by atoms with van der Waals surface area (Å²) in [6, 6.07) is 19.4. The first-order valence-corrected chi connectivity index (χ1v) is 12.6. The van der Waals surface area contributed by atoms with Crippen LogP contribution >= 0.6 is 39.3 Å². The SMILES string of the molecule is COc1ccc(Cl)cc1-c1nnc(S/C(=C\c2ccc(OCc3ccccc3C#N)c(Br)c2)C(=O)O)o1. The van der Waals surface area contributed by atoms with E-state index in [0.29, 0.717) is 37.7 Å². The van der Waals surface area contributed by atoms with Crippen molar-refractivity contribution in [3.05, 3.63) is 91.8 Å². The van der Waals surface area contributed by atoms with Gasteiger partial charge in [-0.3, -0.25) is 0 Å². The van der Waals surface area contributed by atoms with Gasteiger partial charge in [0.25, 0.3) is 11.1 Å². The summed E-state index contributed by atoms with van der Waals surface area (Å²) < 4.78 is 17.4. The highest BCUT2D eigenvalue weighted by atomic mass is 79.9. The van der Waals surface area contributed by atoms with Gasteiger partial charge < -0.3 is 19.0 Å². The molecule has 37 heavy (non-hydrogen) atoms. The third kappa shape index (κ3) is 6.51. The molecule has 4 rings (SSSR count). The molecule has 0 radical (unpaired) electrons. The van der Waals surface area contributed by atoms with Crippen molar-refractivity contribution in [1.29, 1.82) is 5.26 Å². The summed E-state index contributed by atoms with van der Waals surface area (Å²) in [4.78, 5) is 11.9. The average molecular weight is 599 g/mol. The summed E-state index contributed by atoms with van der Waals surface area (Å²) in [6.45, 7) is 0.213. The summed E-state index contributed by atoms with van der Waals surface area (Å²) in [5.74, 6) is 0.0248. The standard InChI is InChI=1S/C26H17BrClN3O5S/c1-34-21-9-7-18(28)12-19(21)24-30-31-26(36-24)37-23(25(32)33)11-15-6-8-22(20(27)10-15)35-14-17-5-3-2-4-16(17)13-29/h2-12H,14H2,1H3,(H,32,33)/b23-11-. The van der Waals surface area contributed by atoms with Crippen LogP contribution in [0.5, 0.6) is 11.5 Å². The van der Waals surface area contributed by atoms with Crippen molar-refractivity contribution in [1.82, 2.24) is 10.2 Å². The molecule has 0 aliphatic rings. The number of aromatic nitrogens is 2. The lowest BCUT2D eigenvalue weighted by molar-refractivity contribution is -0.131. The normalized spacial score (nSPS) is 11.1. The summed E-state index contributed by atoms with van der Waals surface area (Å²) >= 11 is 10.4.